The average molecular weight is 357 g/mol. The van der Waals surface area contributed by atoms with Crippen molar-refractivity contribution in [2.75, 3.05) is 19.4 Å². The standard InChI is InChI=1S/C18H19N3O5/c1-12(17(22)20(2)3)26-18(23)13-9-10-15(16(11-13)21(24)25)19-14-7-5-4-6-8-14/h4-12,19H,1-3H3/t12-/m1/s1. The summed E-state index contributed by atoms with van der Waals surface area (Å²) in [6, 6.07) is 12.9. The van der Waals surface area contributed by atoms with Gasteiger partial charge in [0.25, 0.3) is 11.6 Å². The molecular weight excluding hydrogens is 338 g/mol. The third-order valence-electron chi connectivity index (χ3n) is 3.56. The summed E-state index contributed by atoms with van der Waals surface area (Å²) in [5.41, 5.74) is 0.648. The first-order valence-electron chi connectivity index (χ1n) is 7.82. The number of hydrogen-bond acceptors (Lipinski definition) is 6. The second-order valence-electron chi connectivity index (χ2n) is 5.76. The molecule has 1 N–H and O–H groups in total. The highest BCUT2D eigenvalue weighted by molar-refractivity contribution is 5.93. The number of anilines is 2. The summed E-state index contributed by atoms with van der Waals surface area (Å²) in [5.74, 6) is -1.18. The van der Waals surface area contributed by atoms with Crippen molar-refractivity contribution < 1.29 is 19.2 Å². The number of carbonyl (C=O) groups excluding carboxylic acids is 2. The van der Waals surface area contributed by atoms with Crippen molar-refractivity contribution >= 4 is 28.9 Å². The Morgan fingerprint density at radius 3 is 2.38 bits per heavy atom. The first-order chi connectivity index (χ1) is 12.3. The molecule has 136 valence electrons. The third-order valence-corrected chi connectivity index (χ3v) is 3.56. The fourth-order valence-corrected chi connectivity index (χ4v) is 2.23. The topological polar surface area (TPSA) is 102 Å². The number of nitrogens with zero attached hydrogens (tertiary/aromatic N) is 2. The molecule has 0 saturated carbocycles. The zero-order chi connectivity index (χ0) is 19.3. The Hall–Kier alpha value is -3.42. The number of hydrogen-bond donors (Lipinski definition) is 1. The van der Waals surface area contributed by atoms with Gasteiger partial charge < -0.3 is 15.0 Å². The van der Waals surface area contributed by atoms with Crippen LogP contribution in [-0.4, -0.2) is 41.9 Å². The van der Waals surface area contributed by atoms with E-state index in [2.05, 4.69) is 5.32 Å². The summed E-state index contributed by atoms with van der Waals surface area (Å²) in [5, 5.41) is 14.3. The normalized spacial score (nSPS) is 11.3. The zero-order valence-corrected chi connectivity index (χ0v) is 14.6. The molecule has 0 bridgehead atoms. The van der Waals surface area contributed by atoms with Crippen LogP contribution < -0.4 is 5.32 Å². The largest absolute Gasteiger partial charge is 0.449 e. The van der Waals surface area contributed by atoms with E-state index in [1.165, 1.54) is 24.0 Å². The van der Waals surface area contributed by atoms with Crippen molar-refractivity contribution in [1.82, 2.24) is 4.90 Å². The molecule has 0 aliphatic carbocycles. The number of benzene rings is 2. The van der Waals surface area contributed by atoms with E-state index in [9.17, 15) is 19.7 Å². The monoisotopic (exact) mass is 357 g/mol. The molecule has 2 rings (SSSR count). The Balaban J connectivity index is 2.23. The molecule has 1 atom stereocenters. The smallest absolute Gasteiger partial charge is 0.339 e. The van der Waals surface area contributed by atoms with E-state index in [0.717, 1.165) is 6.07 Å². The summed E-state index contributed by atoms with van der Waals surface area (Å²) in [6.45, 7) is 1.44. The van der Waals surface area contributed by atoms with Crippen molar-refractivity contribution in [2.45, 2.75) is 13.0 Å². The van der Waals surface area contributed by atoms with Crippen LogP contribution in [0.15, 0.2) is 48.5 Å². The van der Waals surface area contributed by atoms with Gasteiger partial charge in [0.2, 0.25) is 0 Å². The number of likely N-dealkylation sites (N-methyl/N-ethyl adjacent to an activating group) is 1. The number of esters is 1. The molecule has 8 heteroatoms. The quantitative estimate of drug-likeness (QED) is 0.484. The molecule has 0 aliphatic heterocycles. The molecule has 8 nitrogen and oxygen atoms in total. The highest BCUT2D eigenvalue weighted by atomic mass is 16.6. The van der Waals surface area contributed by atoms with Crippen LogP contribution in [0, 0.1) is 10.1 Å². The van der Waals surface area contributed by atoms with Gasteiger partial charge in [-0.25, -0.2) is 4.79 Å². The van der Waals surface area contributed by atoms with Gasteiger partial charge in [0, 0.05) is 25.8 Å². The van der Waals surface area contributed by atoms with E-state index >= 15 is 0 Å². The van der Waals surface area contributed by atoms with Crippen LogP contribution in [-0.2, 0) is 9.53 Å². The molecule has 0 aromatic heterocycles. The zero-order valence-electron chi connectivity index (χ0n) is 14.6. The average Bonchev–Trinajstić information content (AvgIpc) is 2.61. The highest BCUT2D eigenvalue weighted by Gasteiger charge is 2.23. The van der Waals surface area contributed by atoms with Gasteiger partial charge in [-0.15, -0.1) is 0 Å². The summed E-state index contributed by atoms with van der Waals surface area (Å²) in [6.07, 6.45) is -0.987. The van der Waals surface area contributed by atoms with Crippen molar-refractivity contribution in [3.05, 3.63) is 64.2 Å². The molecule has 0 saturated heterocycles. The molecule has 26 heavy (non-hydrogen) atoms. The van der Waals surface area contributed by atoms with Crippen molar-refractivity contribution in [3.8, 4) is 0 Å². The first-order valence-corrected chi connectivity index (χ1v) is 7.82. The Kier molecular flexibility index (Phi) is 5.90. The maximum absolute atomic E-state index is 12.2. The van der Waals surface area contributed by atoms with E-state index in [1.807, 2.05) is 6.07 Å². The minimum atomic E-state index is -0.987. The maximum Gasteiger partial charge on any atom is 0.339 e. The molecule has 2 aromatic carbocycles. The van der Waals surface area contributed by atoms with E-state index in [1.54, 1.807) is 38.4 Å². The predicted octanol–water partition coefficient (Wildman–Crippen LogP) is 2.97. The molecule has 0 aliphatic rings. The van der Waals surface area contributed by atoms with E-state index < -0.39 is 17.0 Å². The first kappa shape index (κ1) is 18.9. The van der Waals surface area contributed by atoms with Crippen LogP contribution in [0.1, 0.15) is 17.3 Å². The van der Waals surface area contributed by atoms with Gasteiger partial charge in [-0.2, -0.15) is 0 Å². The number of nitro benzene ring substituents is 1. The Morgan fingerprint density at radius 1 is 1.15 bits per heavy atom. The van der Waals surface area contributed by atoms with Gasteiger partial charge in [0.1, 0.15) is 5.69 Å². The van der Waals surface area contributed by atoms with Gasteiger partial charge in [-0.3, -0.25) is 14.9 Å². The molecule has 0 spiro atoms. The lowest BCUT2D eigenvalue weighted by atomic mass is 10.1. The van der Waals surface area contributed by atoms with E-state index in [-0.39, 0.29) is 22.8 Å². The lowest BCUT2D eigenvalue weighted by molar-refractivity contribution is -0.383. The van der Waals surface area contributed by atoms with Crippen LogP contribution in [0.3, 0.4) is 0 Å². The van der Waals surface area contributed by atoms with E-state index in [4.69, 9.17) is 4.74 Å². The predicted molar refractivity (Wildman–Crippen MR) is 96.4 cm³/mol. The lowest BCUT2D eigenvalue weighted by Gasteiger charge is -2.17. The van der Waals surface area contributed by atoms with Crippen LogP contribution in [0.2, 0.25) is 0 Å². The summed E-state index contributed by atoms with van der Waals surface area (Å²) < 4.78 is 5.08. The molecule has 0 heterocycles. The number of nitro groups is 1. The molecule has 0 radical (unpaired) electrons. The van der Waals surface area contributed by atoms with Gasteiger partial charge in [0.05, 0.1) is 10.5 Å². The number of para-hydroxylation sites is 1. The number of ether oxygens (including phenoxy) is 1. The van der Waals surface area contributed by atoms with Crippen LogP contribution in [0.4, 0.5) is 17.1 Å². The Bertz CT molecular complexity index is 821. The highest BCUT2D eigenvalue weighted by Crippen LogP contribution is 2.29. The summed E-state index contributed by atoms with van der Waals surface area (Å²) in [4.78, 5) is 36.0. The Labute approximate surface area is 150 Å². The lowest BCUT2D eigenvalue weighted by Crippen LogP contribution is -2.34. The van der Waals surface area contributed by atoms with E-state index in [0.29, 0.717) is 5.69 Å². The Morgan fingerprint density at radius 2 is 1.81 bits per heavy atom. The van der Waals surface area contributed by atoms with Crippen molar-refractivity contribution in [3.63, 3.8) is 0 Å². The van der Waals surface area contributed by atoms with Gasteiger partial charge in [0.15, 0.2) is 6.10 Å². The second kappa shape index (κ2) is 8.11. The minimum Gasteiger partial charge on any atom is -0.449 e. The summed E-state index contributed by atoms with van der Waals surface area (Å²) >= 11 is 0. The minimum absolute atomic E-state index is 0.00582. The number of carbonyl (C=O) groups is 2. The van der Waals surface area contributed by atoms with Crippen LogP contribution >= 0.6 is 0 Å². The SMILES string of the molecule is C[C@@H](OC(=O)c1ccc(Nc2ccccc2)c([N+](=O)[O-])c1)C(=O)N(C)C. The third kappa shape index (κ3) is 4.56. The van der Waals surface area contributed by atoms with Gasteiger partial charge in [-0.05, 0) is 31.2 Å². The van der Waals surface area contributed by atoms with Crippen LogP contribution in [0.5, 0.6) is 0 Å². The van der Waals surface area contributed by atoms with Crippen molar-refractivity contribution in [1.29, 1.82) is 0 Å². The number of nitrogens with one attached hydrogen (secondary N) is 1. The van der Waals surface area contributed by atoms with Gasteiger partial charge in [-0.1, -0.05) is 18.2 Å². The molecular formula is C18H19N3O5. The summed E-state index contributed by atoms with van der Waals surface area (Å²) in [7, 11) is 3.09. The molecule has 1 amide bonds. The number of rotatable bonds is 6. The molecule has 0 fully saturated rings. The fraction of sp³-hybridized carbons (Fsp3) is 0.222. The fourth-order valence-electron chi connectivity index (χ4n) is 2.23. The maximum atomic E-state index is 12.2. The second-order valence-corrected chi connectivity index (χ2v) is 5.76. The molecule has 0 unspecified atom stereocenters. The van der Waals surface area contributed by atoms with Crippen molar-refractivity contribution in [2.24, 2.45) is 0 Å². The number of amides is 1. The van der Waals surface area contributed by atoms with Crippen LogP contribution in [0.25, 0.3) is 0 Å². The molecule has 2 aromatic rings. The van der Waals surface area contributed by atoms with Gasteiger partial charge >= 0.3 is 5.97 Å².